The molecule has 1 aliphatic rings. The molecule has 0 unspecified atom stereocenters. The van der Waals surface area contributed by atoms with Gasteiger partial charge in [-0.3, -0.25) is 9.10 Å². The van der Waals surface area contributed by atoms with Crippen LogP contribution in [0.1, 0.15) is 31.9 Å². The number of amides is 1. The van der Waals surface area contributed by atoms with Crippen molar-refractivity contribution in [2.45, 2.75) is 32.4 Å². The van der Waals surface area contributed by atoms with Crippen molar-refractivity contribution in [2.24, 2.45) is 0 Å². The molecule has 0 bridgehead atoms. The number of methoxy groups -OCH3 is 1. The van der Waals surface area contributed by atoms with Crippen molar-refractivity contribution in [1.82, 2.24) is 5.32 Å². The lowest BCUT2D eigenvalue weighted by Gasteiger charge is -2.30. The third kappa shape index (κ3) is 5.22. The van der Waals surface area contributed by atoms with E-state index in [0.717, 1.165) is 21.9 Å². The maximum atomic E-state index is 13.1. The molecule has 0 saturated carbocycles. The van der Waals surface area contributed by atoms with E-state index in [-0.39, 0.29) is 6.04 Å². The molecule has 1 aliphatic heterocycles. The normalized spacial score (nSPS) is 15.0. The standard InChI is InChI=1S/C22H28N2O6S/c1-5-19(16-6-9-18(28-3)10-7-16)23-22(25)15(2)24(31(4,26)27)17-8-11-20-21(14-17)30-13-12-29-20/h6-11,14-15,19H,5,12-13H2,1-4H3,(H,23,25)/t15-,19-/m0/s1. The number of rotatable bonds is 8. The Kier molecular flexibility index (Phi) is 6.94. The summed E-state index contributed by atoms with van der Waals surface area (Å²) in [5.74, 6) is 1.32. The van der Waals surface area contributed by atoms with Crippen LogP contribution in [-0.2, 0) is 14.8 Å². The highest BCUT2D eigenvalue weighted by Gasteiger charge is 2.31. The Labute approximate surface area is 183 Å². The minimum Gasteiger partial charge on any atom is -0.497 e. The number of hydrogen-bond donors (Lipinski definition) is 1. The van der Waals surface area contributed by atoms with Crippen molar-refractivity contribution < 1.29 is 27.4 Å². The summed E-state index contributed by atoms with van der Waals surface area (Å²) in [5.41, 5.74) is 1.25. The van der Waals surface area contributed by atoms with Gasteiger partial charge in [-0.05, 0) is 43.2 Å². The summed E-state index contributed by atoms with van der Waals surface area (Å²) in [7, 11) is -2.15. The van der Waals surface area contributed by atoms with Crippen LogP contribution in [0.2, 0.25) is 0 Å². The van der Waals surface area contributed by atoms with Crippen LogP contribution in [0.4, 0.5) is 5.69 Å². The van der Waals surface area contributed by atoms with E-state index >= 15 is 0 Å². The minimum absolute atomic E-state index is 0.262. The highest BCUT2D eigenvalue weighted by atomic mass is 32.2. The molecule has 0 radical (unpaired) electrons. The van der Waals surface area contributed by atoms with Crippen LogP contribution in [0, 0.1) is 0 Å². The van der Waals surface area contributed by atoms with Crippen LogP contribution in [0.3, 0.4) is 0 Å². The summed E-state index contributed by atoms with van der Waals surface area (Å²) in [6.07, 6.45) is 1.72. The molecule has 1 heterocycles. The smallest absolute Gasteiger partial charge is 0.244 e. The van der Waals surface area contributed by atoms with Crippen LogP contribution in [0.15, 0.2) is 42.5 Å². The molecule has 2 aromatic rings. The Hall–Kier alpha value is -2.94. The second kappa shape index (κ2) is 9.47. The van der Waals surface area contributed by atoms with Crippen LogP contribution in [0.25, 0.3) is 0 Å². The Morgan fingerprint density at radius 2 is 1.77 bits per heavy atom. The number of benzene rings is 2. The van der Waals surface area contributed by atoms with Gasteiger partial charge in [0, 0.05) is 6.07 Å². The molecular formula is C22H28N2O6S. The lowest BCUT2D eigenvalue weighted by Crippen LogP contribution is -2.48. The monoisotopic (exact) mass is 448 g/mol. The van der Waals surface area contributed by atoms with Crippen molar-refractivity contribution in [1.29, 1.82) is 0 Å². The maximum absolute atomic E-state index is 13.1. The number of ether oxygens (including phenoxy) is 3. The molecular weight excluding hydrogens is 420 g/mol. The number of anilines is 1. The Morgan fingerprint density at radius 1 is 1.13 bits per heavy atom. The van der Waals surface area contributed by atoms with Gasteiger partial charge in [-0.15, -0.1) is 0 Å². The SMILES string of the molecule is CC[C@H](NC(=O)[C@H](C)N(c1ccc2c(c1)OCCO2)S(C)(=O)=O)c1ccc(OC)cc1. The summed E-state index contributed by atoms with van der Waals surface area (Å²) >= 11 is 0. The highest BCUT2D eigenvalue weighted by molar-refractivity contribution is 7.92. The molecule has 0 spiro atoms. The minimum atomic E-state index is -3.75. The molecule has 31 heavy (non-hydrogen) atoms. The molecule has 8 nitrogen and oxygen atoms in total. The van der Waals surface area contributed by atoms with E-state index in [0.29, 0.717) is 36.8 Å². The predicted octanol–water partition coefficient (Wildman–Crippen LogP) is 2.89. The van der Waals surface area contributed by atoms with E-state index < -0.39 is 22.0 Å². The summed E-state index contributed by atoms with van der Waals surface area (Å²) in [6.45, 7) is 4.33. The number of hydrogen-bond acceptors (Lipinski definition) is 6. The average Bonchev–Trinajstić information content (AvgIpc) is 2.76. The van der Waals surface area contributed by atoms with Gasteiger partial charge < -0.3 is 19.5 Å². The zero-order chi connectivity index (χ0) is 22.6. The summed E-state index contributed by atoms with van der Waals surface area (Å²) in [5, 5.41) is 2.96. The van der Waals surface area contributed by atoms with Gasteiger partial charge in [0.1, 0.15) is 25.0 Å². The van der Waals surface area contributed by atoms with Gasteiger partial charge in [0.15, 0.2) is 11.5 Å². The van der Waals surface area contributed by atoms with E-state index in [9.17, 15) is 13.2 Å². The van der Waals surface area contributed by atoms with E-state index in [1.165, 1.54) is 0 Å². The number of fused-ring (bicyclic) bond motifs is 1. The zero-order valence-corrected chi connectivity index (χ0v) is 18.9. The number of nitrogens with one attached hydrogen (secondary N) is 1. The van der Waals surface area contributed by atoms with Gasteiger partial charge in [-0.25, -0.2) is 8.42 Å². The molecule has 2 aromatic carbocycles. The largest absolute Gasteiger partial charge is 0.497 e. The van der Waals surface area contributed by atoms with Gasteiger partial charge in [0.2, 0.25) is 15.9 Å². The fraction of sp³-hybridized carbons (Fsp3) is 0.409. The molecule has 3 rings (SSSR count). The van der Waals surface area contributed by atoms with Crippen molar-refractivity contribution in [3.05, 3.63) is 48.0 Å². The first-order valence-electron chi connectivity index (χ1n) is 10.1. The number of carbonyl (C=O) groups excluding carboxylic acids is 1. The molecule has 0 aromatic heterocycles. The fourth-order valence-electron chi connectivity index (χ4n) is 3.53. The van der Waals surface area contributed by atoms with Gasteiger partial charge in [0.25, 0.3) is 0 Å². The molecule has 1 amide bonds. The maximum Gasteiger partial charge on any atom is 0.244 e. The summed E-state index contributed by atoms with van der Waals surface area (Å²) < 4.78 is 42.6. The van der Waals surface area contributed by atoms with Gasteiger partial charge >= 0.3 is 0 Å². The Morgan fingerprint density at radius 3 is 2.35 bits per heavy atom. The molecule has 9 heteroatoms. The molecule has 0 saturated heterocycles. The fourth-order valence-corrected chi connectivity index (χ4v) is 4.69. The summed E-state index contributed by atoms with van der Waals surface area (Å²) in [6, 6.07) is 11.0. The van der Waals surface area contributed by atoms with E-state index in [2.05, 4.69) is 5.32 Å². The molecule has 0 aliphatic carbocycles. The molecule has 1 N–H and O–H groups in total. The van der Waals surface area contributed by atoms with E-state index in [4.69, 9.17) is 14.2 Å². The number of carbonyl (C=O) groups is 1. The third-order valence-corrected chi connectivity index (χ3v) is 6.35. The molecule has 168 valence electrons. The topological polar surface area (TPSA) is 94.2 Å². The van der Waals surface area contributed by atoms with Crippen molar-refractivity contribution in [3.8, 4) is 17.2 Å². The van der Waals surface area contributed by atoms with Crippen LogP contribution in [-0.4, -0.2) is 46.9 Å². The second-order valence-electron chi connectivity index (χ2n) is 7.31. The Bertz CT molecular complexity index is 1020. The molecule has 0 fully saturated rings. The first-order valence-corrected chi connectivity index (χ1v) is 11.9. The van der Waals surface area contributed by atoms with Crippen LogP contribution < -0.4 is 23.8 Å². The van der Waals surface area contributed by atoms with Gasteiger partial charge in [-0.2, -0.15) is 0 Å². The van der Waals surface area contributed by atoms with Crippen LogP contribution >= 0.6 is 0 Å². The number of nitrogens with zero attached hydrogens (tertiary/aromatic N) is 1. The lowest BCUT2D eigenvalue weighted by molar-refractivity contribution is -0.122. The zero-order valence-electron chi connectivity index (χ0n) is 18.1. The van der Waals surface area contributed by atoms with Crippen molar-refractivity contribution >= 4 is 21.6 Å². The van der Waals surface area contributed by atoms with E-state index in [1.807, 2.05) is 31.2 Å². The van der Waals surface area contributed by atoms with Gasteiger partial charge in [-0.1, -0.05) is 19.1 Å². The second-order valence-corrected chi connectivity index (χ2v) is 9.16. The first kappa shape index (κ1) is 22.7. The quantitative estimate of drug-likeness (QED) is 0.667. The van der Waals surface area contributed by atoms with Gasteiger partial charge in [0.05, 0.1) is 25.1 Å². The van der Waals surface area contributed by atoms with Crippen molar-refractivity contribution in [3.63, 3.8) is 0 Å². The molecule has 2 atom stereocenters. The third-order valence-electron chi connectivity index (χ3n) is 5.11. The van der Waals surface area contributed by atoms with E-state index in [1.54, 1.807) is 32.2 Å². The first-order chi connectivity index (χ1) is 14.7. The number of sulfonamides is 1. The Balaban J connectivity index is 1.84. The lowest BCUT2D eigenvalue weighted by atomic mass is 10.0. The predicted molar refractivity (Wildman–Crippen MR) is 118 cm³/mol. The van der Waals surface area contributed by atoms with Crippen LogP contribution in [0.5, 0.6) is 17.2 Å². The highest BCUT2D eigenvalue weighted by Crippen LogP contribution is 2.35. The average molecular weight is 449 g/mol. The van der Waals surface area contributed by atoms with Crippen molar-refractivity contribution in [2.75, 3.05) is 30.9 Å². The summed E-state index contributed by atoms with van der Waals surface area (Å²) in [4.78, 5) is 13.1.